The van der Waals surface area contributed by atoms with E-state index in [1.54, 1.807) is 37.3 Å². The zero-order chi connectivity index (χ0) is 13.6. The fraction of sp³-hybridized carbons (Fsp3) is 0.357. The molecule has 18 heavy (non-hydrogen) atoms. The van der Waals surface area contributed by atoms with Crippen LogP contribution >= 0.6 is 11.6 Å². The second-order valence-corrected chi connectivity index (χ2v) is 4.76. The summed E-state index contributed by atoms with van der Waals surface area (Å²) in [5, 5.41) is 13.5. The summed E-state index contributed by atoms with van der Waals surface area (Å²) < 4.78 is 0. The average Bonchev–Trinajstić information content (AvgIpc) is 2.34. The number of nitrogens with one attached hydrogen (secondary N) is 1. The summed E-state index contributed by atoms with van der Waals surface area (Å²) >= 11 is 6.02. The van der Waals surface area contributed by atoms with E-state index in [-0.39, 0.29) is 12.5 Å². The van der Waals surface area contributed by atoms with Gasteiger partial charge in [0.2, 0.25) is 5.91 Å². The van der Waals surface area contributed by atoms with Crippen molar-refractivity contribution in [2.45, 2.75) is 25.4 Å². The molecule has 3 nitrogen and oxygen atoms in total. The lowest BCUT2D eigenvalue weighted by molar-refractivity contribution is -0.122. The monoisotopic (exact) mass is 267 g/mol. The van der Waals surface area contributed by atoms with Crippen molar-refractivity contribution in [2.75, 3.05) is 6.54 Å². The van der Waals surface area contributed by atoms with Crippen LogP contribution in [0.1, 0.15) is 25.3 Å². The first-order chi connectivity index (χ1) is 8.47. The standard InChI is InChI=1S/C14H18ClNO2/c1-3-4-9-13(17)16-10-14(2,18)11-7-5-6-8-12(11)15/h3,5-8,18H,1,4,9-10H2,2H3,(H,16,17). The Morgan fingerprint density at radius 2 is 2.22 bits per heavy atom. The van der Waals surface area contributed by atoms with E-state index in [1.807, 2.05) is 0 Å². The second-order valence-electron chi connectivity index (χ2n) is 4.36. The number of benzene rings is 1. The molecule has 0 aliphatic rings. The Kier molecular flexibility index (Phi) is 5.38. The van der Waals surface area contributed by atoms with Crippen LogP contribution in [-0.4, -0.2) is 17.6 Å². The highest BCUT2D eigenvalue weighted by atomic mass is 35.5. The van der Waals surface area contributed by atoms with E-state index >= 15 is 0 Å². The van der Waals surface area contributed by atoms with Crippen LogP contribution in [0, 0.1) is 0 Å². The molecule has 0 saturated carbocycles. The Balaban J connectivity index is 2.62. The summed E-state index contributed by atoms with van der Waals surface area (Å²) in [5.74, 6) is -0.109. The lowest BCUT2D eigenvalue weighted by Crippen LogP contribution is -2.38. The van der Waals surface area contributed by atoms with Crippen LogP contribution in [-0.2, 0) is 10.4 Å². The molecule has 0 spiro atoms. The largest absolute Gasteiger partial charge is 0.384 e. The van der Waals surface area contributed by atoms with E-state index in [0.717, 1.165) is 0 Å². The normalized spacial score (nSPS) is 13.7. The molecule has 1 rings (SSSR count). The number of rotatable bonds is 6. The molecule has 1 aromatic carbocycles. The van der Waals surface area contributed by atoms with E-state index in [4.69, 9.17) is 11.6 Å². The molecule has 0 radical (unpaired) electrons. The average molecular weight is 268 g/mol. The van der Waals surface area contributed by atoms with Gasteiger partial charge in [-0.2, -0.15) is 0 Å². The number of aliphatic hydroxyl groups is 1. The minimum absolute atomic E-state index is 0.109. The first-order valence-electron chi connectivity index (χ1n) is 5.82. The third-order valence-electron chi connectivity index (χ3n) is 2.66. The maximum atomic E-state index is 11.5. The summed E-state index contributed by atoms with van der Waals surface area (Å²) in [7, 11) is 0. The second kappa shape index (κ2) is 6.57. The van der Waals surface area contributed by atoms with E-state index in [1.165, 1.54) is 0 Å². The van der Waals surface area contributed by atoms with Gasteiger partial charge in [-0.3, -0.25) is 4.79 Å². The fourth-order valence-corrected chi connectivity index (χ4v) is 1.92. The maximum Gasteiger partial charge on any atom is 0.220 e. The first-order valence-corrected chi connectivity index (χ1v) is 6.20. The topological polar surface area (TPSA) is 49.3 Å². The molecular weight excluding hydrogens is 250 g/mol. The van der Waals surface area contributed by atoms with E-state index in [9.17, 15) is 9.90 Å². The maximum absolute atomic E-state index is 11.5. The lowest BCUT2D eigenvalue weighted by Gasteiger charge is -2.25. The summed E-state index contributed by atoms with van der Waals surface area (Å²) in [6.45, 7) is 5.31. The summed E-state index contributed by atoms with van der Waals surface area (Å²) in [5.41, 5.74) is -0.571. The molecule has 1 amide bonds. The number of allylic oxidation sites excluding steroid dienone is 1. The van der Waals surface area contributed by atoms with Gasteiger partial charge in [-0.05, 0) is 19.4 Å². The lowest BCUT2D eigenvalue weighted by atomic mass is 9.96. The molecule has 0 aliphatic heterocycles. The molecule has 1 atom stereocenters. The van der Waals surface area contributed by atoms with Gasteiger partial charge in [-0.1, -0.05) is 35.9 Å². The Hall–Kier alpha value is -1.32. The summed E-state index contributed by atoms with van der Waals surface area (Å²) in [6, 6.07) is 7.06. The highest BCUT2D eigenvalue weighted by Gasteiger charge is 2.25. The van der Waals surface area contributed by atoms with Gasteiger partial charge in [0.05, 0.1) is 6.54 Å². The van der Waals surface area contributed by atoms with Crippen molar-refractivity contribution in [1.82, 2.24) is 5.32 Å². The fourth-order valence-electron chi connectivity index (χ4n) is 1.59. The molecule has 0 fully saturated rings. The Morgan fingerprint density at radius 3 is 2.83 bits per heavy atom. The molecule has 0 heterocycles. The molecule has 2 N–H and O–H groups in total. The molecule has 0 aromatic heterocycles. The van der Waals surface area contributed by atoms with Crippen molar-refractivity contribution in [3.63, 3.8) is 0 Å². The third kappa shape index (κ3) is 4.17. The van der Waals surface area contributed by atoms with E-state index in [0.29, 0.717) is 23.4 Å². The van der Waals surface area contributed by atoms with Crippen LogP contribution in [0.2, 0.25) is 5.02 Å². The van der Waals surface area contributed by atoms with Gasteiger partial charge in [0.1, 0.15) is 5.60 Å². The predicted octanol–water partition coefficient (Wildman–Crippen LogP) is 2.63. The van der Waals surface area contributed by atoms with Gasteiger partial charge in [-0.15, -0.1) is 6.58 Å². The summed E-state index contributed by atoms with van der Waals surface area (Å²) in [4.78, 5) is 11.5. The number of hydrogen-bond donors (Lipinski definition) is 2. The van der Waals surface area contributed by atoms with Crippen molar-refractivity contribution in [2.24, 2.45) is 0 Å². The zero-order valence-electron chi connectivity index (χ0n) is 10.4. The van der Waals surface area contributed by atoms with Crippen LogP contribution < -0.4 is 5.32 Å². The minimum atomic E-state index is -1.18. The molecule has 1 aromatic rings. The van der Waals surface area contributed by atoms with Gasteiger partial charge >= 0.3 is 0 Å². The molecule has 0 saturated heterocycles. The van der Waals surface area contributed by atoms with Crippen molar-refractivity contribution in [3.05, 3.63) is 47.5 Å². The van der Waals surface area contributed by atoms with Gasteiger partial charge in [-0.25, -0.2) is 0 Å². The van der Waals surface area contributed by atoms with Gasteiger partial charge in [0, 0.05) is 17.0 Å². The molecule has 98 valence electrons. The van der Waals surface area contributed by atoms with Crippen molar-refractivity contribution in [1.29, 1.82) is 0 Å². The van der Waals surface area contributed by atoms with E-state index < -0.39 is 5.60 Å². The van der Waals surface area contributed by atoms with Crippen molar-refractivity contribution >= 4 is 17.5 Å². The smallest absolute Gasteiger partial charge is 0.220 e. The zero-order valence-corrected chi connectivity index (χ0v) is 11.2. The van der Waals surface area contributed by atoms with Crippen LogP contribution in [0.4, 0.5) is 0 Å². The van der Waals surface area contributed by atoms with Crippen molar-refractivity contribution in [3.8, 4) is 0 Å². The first kappa shape index (κ1) is 14.7. The number of amides is 1. The molecule has 0 bridgehead atoms. The Morgan fingerprint density at radius 1 is 1.56 bits per heavy atom. The van der Waals surface area contributed by atoms with Crippen LogP contribution in [0.5, 0.6) is 0 Å². The van der Waals surface area contributed by atoms with Crippen LogP contribution in [0.25, 0.3) is 0 Å². The van der Waals surface area contributed by atoms with Crippen LogP contribution in [0.15, 0.2) is 36.9 Å². The highest BCUT2D eigenvalue weighted by molar-refractivity contribution is 6.31. The van der Waals surface area contributed by atoms with Gasteiger partial charge in [0.25, 0.3) is 0 Å². The quantitative estimate of drug-likeness (QED) is 0.779. The molecule has 1 unspecified atom stereocenters. The van der Waals surface area contributed by atoms with Crippen LogP contribution in [0.3, 0.4) is 0 Å². The molecular formula is C14H18ClNO2. The number of halogens is 1. The Bertz CT molecular complexity index is 430. The molecule has 4 heteroatoms. The minimum Gasteiger partial charge on any atom is -0.384 e. The summed E-state index contributed by atoms with van der Waals surface area (Å²) in [6.07, 6.45) is 2.69. The van der Waals surface area contributed by atoms with E-state index in [2.05, 4.69) is 11.9 Å². The van der Waals surface area contributed by atoms with Crippen molar-refractivity contribution < 1.29 is 9.90 Å². The number of hydrogen-bond acceptors (Lipinski definition) is 2. The SMILES string of the molecule is C=CCCC(=O)NCC(C)(O)c1ccccc1Cl. The predicted molar refractivity (Wildman–Crippen MR) is 73.5 cm³/mol. The third-order valence-corrected chi connectivity index (χ3v) is 2.99. The highest BCUT2D eigenvalue weighted by Crippen LogP contribution is 2.27. The number of carbonyl (C=O) groups is 1. The Labute approximate surface area is 112 Å². The van der Waals surface area contributed by atoms with Gasteiger partial charge < -0.3 is 10.4 Å². The van der Waals surface area contributed by atoms with Gasteiger partial charge in [0.15, 0.2) is 0 Å². The molecule has 0 aliphatic carbocycles. The number of carbonyl (C=O) groups excluding carboxylic acids is 1.